The molecule has 1 N–H and O–H groups in total. The van der Waals surface area contributed by atoms with Gasteiger partial charge in [0.05, 0.1) is 7.05 Å². The molecule has 0 amide bonds. The molecule has 2 saturated carbocycles. The van der Waals surface area contributed by atoms with Gasteiger partial charge in [0.25, 0.3) is 0 Å². The van der Waals surface area contributed by atoms with Crippen LogP contribution >= 0.6 is 0 Å². The summed E-state index contributed by atoms with van der Waals surface area (Å²) in [7, 11) is 1.83. The number of rotatable bonds is 5. The lowest BCUT2D eigenvalue weighted by molar-refractivity contribution is 0.270. The van der Waals surface area contributed by atoms with Crippen molar-refractivity contribution in [2.45, 2.75) is 51.0 Å². The van der Waals surface area contributed by atoms with Gasteiger partial charge in [-0.05, 0) is 36.3 Å². The summed E-state index contributed by atoms with van der Waals surface area (Å²) in [4.78, 5) is 1.56. The van der Waals surface area contributed by atoms with Crippen molar-refractivity contribution >= 4 is 0 Å². The number of tetrazole rings is 1. The summed E-state index contributed by atoms with van der Waals surface area (Å²) < 4.78 is 0. The van der Waals surface area contributed by atoms with Crippen LogP contribution in [0.4, 0.5) is 0 Å². The molecule has 94 valence electrons. The van der Waals surface area contributed by atoms with E-state index in [1.165, 1.54) is 38.5 Å². The summed E-state index contributed by atoms with van der Waals surface area (Å²) in [5, 5.41) is 16.1. The zero-order valence-electron chi connectivity index (χ0n) is 10.5. The van der Waals surface area contributed by atoms with Gasteiger partial charge in [-0.15, -0.1) is 10.2 Å². The van der Waals surface area contributed by atoms with Gasteiger partial charge >= 0.3 is 0 Å². The molecule has 0 atom stereocenters. The van der Waals surface area contributed by atoms with E-state index in [4.69, 9.17) is 0 Å². The molecule has 17 heavy (non-hydrogen) atoms. The average molecular weight is 235 g/mol. The van der Waals surface area contributed by atoms with E-state index in [1.807, 2.05) is 7.05 Å². The molecule has 2 aliphatic rings. The highest BCUT2D eigenvalue weighted by molar-refractivity contribution is 4.96. The monoisotopic (exact) mass is 235 g/mol. The molecule has 1 heterocycles. The molecule has 3 rings (SSSR count). The number of nitrogens with one attached hydrogen (secondary N) is 1. The second-order valence-electron chi connectivity index (χ2n) is 5.73. The fourth-order valence-electron chi connectivity index (χ4n) is 2.92. The third-order valence-corrected chi connectivity index (χ3v) is 4.09. The van der Waals surface area contributed by atoms with Crippen LogP contribution in [-0.2, 0) is 13.5 Å². The normalized spacial score (nSPS) is 23.1. The van der Waals surface area contributed by atoms with Crippen LogP contribution in [0.2, 0.25) is 0 Å². The van der Waals surface area contributed by atoms with Gasteiger partial charge in [-0.25, -0.2) is 0 Å². The number of aromatic nitrogens is 4. The maximum absolute atomic E-state index is 4.33. The van der Waals surface area contributed by atoms with E-state index in [9.17, 15) is 0 Å². The highest BCUT2D eigenvalue weighted by atomic mass is 15.6. The molecule has 0 aromatic carbocycles. The zero-order valence-corrected chi connectivity index (χ0v) is 10.5. The molecular weight excluding hydrogens is 214 g/mol. The molecule has 5 nitrogen and oxygen atoms in total. The third-order valence-electron chi connectivity index (χ3n) is 4.09. The van der Waals surface area contributed by atoms with Crippen LogP contribution in [0.1, 0.15) is 44.3 Å². The lowest BCUT2D eigenvalue weighted by Gasteiger charge is -2.28. The Morgan fingerprint density at radius 2 is 2.12 bits per heavy atom. The molecule has 0 unspecified atom stereocenters. The van der Waals surface area contributed by atoms with E-state index < -0.39 is 0 Å². The van der Waals surface area contributed by atoms with Crippen molar-refractivity contribution in [1.82, 2.24) is 25.5 Å². The Labute approximate surface area is 102 Å². The van der Waals surface area contributed by atoms with Crippen molar-refractivity contribution in [1.29, 1.82) is 0 Å². The van der Waals surface area contributed by atoms with Crippen molar-refractivity contribution in [3.63, 3.8) is 0 Å². The van der Waals surface area contributed by atoms with Gasteiger partial charge in [0.15, 0.2) is 5.82 Å². The Hall–Kier alpha value is -0.970. The van der Waals surface area contributed by atoms with Gasteiger partial charge in [-0.2, -0.15) is 4.80 Å². The molecule has 0 saturated heterocycles. The quantitative estimate of drug-likeness (QED) is 0.829. The molecular formula is C12H21N5. The fraction of sp³-hybridized carbons (Fsp3) is 0.917. The first-order chi connectivity index (χ1) is 8.26. The molecule has 2 fully saturated rings. The second-order valence-corrected chi connectivity index (χ2v) is 5.73. The van der Waals surface area contributed by atoms with Crippen LogP contribution in [0.3, 0.4) is 0 Å². The number of aryl methyl sites for hydroxylation is 1. The van der Waals surface area contributed by atoms with Gasteiger partial charge in [-0.1, -0.05) is 12.8 Å². The van der Waals surface area contributed by atoms with Crippen LogP contribution in [-0.4, -0.2) is 32.8 Å². The second kappa shape index (κ2) is 4.37. The molecule has 0 radical (unpaired) electrons. The molecule has 1 aromatic rings. The standard InChI is InChI=1S/C12H21N5/c1-17-15-11(14-16-17)8-12(6-2-3-7-12)9-13-10-4-5-10/h10,13H,2-9H2,1H3. The minimum absolute atomic E-state index is 0.394. The minimum atomic E-state index is 0.394. The summed E-state index contributed by atoms with van der Waals surface area (Å²) in [6.45, 7) is 1.13. The van der Waals surface area contributed by atoms with E-state index in [0.29, 0.717) is 5.41 Å². The van der Waals surface area contributed by atoms with Crippen LogP contribution in [0, 0.1) is 5.41 Å². The highest BCUT2D eigenvalue weighted by Gasteiger charge is 2.36. The highest BCUT2D eigenvalue weighted by Crippen LogP contribution is 2.40. The largest absolute Gasteiger partial charge is 0.313 e. The van der Waals surface area contributed by atoms with Gasteiger partial charge in [0, 0.05) is 19.0 Å². The predicted octanol–water partition coefficient (Wildman–Crippen LogP) is 1.06. The Morgan fingerprint density at radius 1 is 1.35 bits per heavy atom. The number of hydrogen-bond donors (Lipinski definition) is 1. The number of hydrogen-bond acceptors (Lipinski definition) is 4. The molecule has 0 bridgehead atoms. The van der Waals surface area contributed by atoms with Gasteiger partial charge in [-0.3, -0.25) is 0 Å². The van der Waals surface area contributed by atoms with Crippen molar-refractivity contribution in [3.05, 3.63) is 5.82 Å². The first-order valence-electron chi connectivity index (χ1n) is 6.72. The van der Waals surface area contributed by atoms with E-state index in [2.05, 4.69) is 20.7 Å². The predicted molar refractivity (Wildman–Crippen MR) is 64.4 cm³/mol. The van der Waals surface area contributed by atoms with Crippen molar-refractivity contribution in [2.24, 2.45) is 12.5 Å². The zero-order chi connectivity index (χ0) is 11.7. The van der Waals surface area contributed by atoms with E-state index >= 15 is 0 Å². The third kappa shape index (κ3) is 2.65. The maximum Gasteiger partial charge on any atom is 0.175 e. The van der Waals surface area contributed by atoms with Crippen molar-refractivity contribution in [3.8, 4) is 0 Å². The summed E-state index contributed by atoms with van der Waals surface area (Å²) in [5.41, 5.74) is 0.394. The molecule has 5 heteroatoms. The SMILES string of the molecule is Cn1nnc(CC2(CNC3CC3)CCCC2)n1. The van der Waals surface area contributed by atoms with Crippen LogP contribution < -0.4 is 5.32 Å². The van der Waals surface area contributed by atoms with Gasteiger partial charge in [0.1, 0.15) is 0 Å². The van der Waals surface area contributed by atoms with Crippen molar-refractivity contribution < 1.29 is 0 Å². The fourth-order valence-corrected chi connectivity index (χ4v) is 2.92. The summed E-state index contributed by atoms with van der Waals surface area (Å²) in [6.07, 6.45) is 9.04. The summed E-state index contributed by atoms with van der Waals surface area (Å²) >= 11 is 0. The summed E-state index contributed by atoms with van der Waals surface area (Å²) in [6, 6.07) is 0.794. The van der Waals surface area contributed by atoms with E-state index in [0.717, 1.165) is 24.8 Å². The lowest BCUT2D eigenvalue weighted by atomic mass is 9.82. The molecule has 0 aliphatic heterocycles. The number of nitrogens with zero attached hydrogens (tertiary/aromatic N) is 4. The van der Waals surface area contributed by atoms with Crippen LogP contribution in [0.25, 0.3) is 0 Å². The average Bonchev–Trinajstić information content (AvgIpc) is 2.90. The first-order valence-corrected chi connectivity index (χ1v) is 6.72. The Morgan fingerprint density at radius 3 is 2.71 bits per heavy atom. The molecule has 1 aromatic heterocycles. The van der Waals surface area contributed by atoms with Crippen LogP contribution in [0.5, 0.6) is 0 Å². The van der Waals surface area contributed by atoms with E-state index in [-0.39, 0.29) is 0 Å². The Balaban J connectivity index is 1.65. The first kappa shape index (κ1) is 11.1. The molecule has 0 spiro atoms. The smallest absolute Gasteiger partial charge is 0.175 e. The lowest BCUT2D eigenvalue weighted by Crippen LogP contribution is -2.35. The maximum atomic E-state index is 4.33. The Bertz CT molecular complexity index is 376. The van der Waals surface area contributed by atoms with Gasteiger partial charge < -0.3 is 5.32 Å². The van der Waals surface area contributed by atoms with Crippen LogP contribution in [0.15, 0.2) is 0 Å². The van der Waals surface area contributed by atoms with E-state index in [1.54, 1.807) is 4.80 Å². The van der Waals surface area contributed by atoms with Gasteiger partial charge in [0.2, 0.25) is 0 Å². The minimum Gasteiger partial charge on any atom is -0.313 e. The topological polar surface area (TPSA) is 55.6 Å². The molecule has 2 aliphatic carbocycles. The summed E-state index contributed by atoms with van der Waals surface area (Å²) in [5.74, 6) is 0.909. The van der Waals surface area contributed by atoms with Crippen molar-refractivity contribution in [2.75, 3.05) is 6.54 Å². The Kier molecular flexibility index (Phi) is 2.86.